The topological polar surface area (TPSA) is 64.3 Å². The van der Waals surface area contributed by atoms with Crippen LogP contribution < -0.4 is 15.1 Å². The Morgan fingerprint density at radius 2 is 1.79 bits per heavy atom. The maximum absolute atomic E-state index is 12.4. The van der Waals surface area contributed by atoms with E-state index in [2.05, 4.69) is 29.6 Å². The first-order valence-corrected chi connectivity index (χ1v) is 10.3. The van der Waals surface area contributed by atoms with Crippen LogP contribution in [0.2, 0.25) is 0 Å². The molecule has 3 N–H and O–H groups in total. The van der Waals surface area contributed by atoms with Gasteiger partial charge in [0.15, 0.2) is 6.54 Å². The predicted molar refractivity (Wildman–Crippen MR) is 110 cm³/mol. The van der Waals surface area contributed by atoms with Crippen molar-refractivity contribution in [3.05, 3.63) is 42.0 Å². The summed E-state index contributed by atoms with van der Waals surface area (Å²) in [5, 5.41) is 2.88. The van der Waals surface area contributed by atoms with Crippen molar-refractivity contribution in [3.8, 4) is 0 Å². The molecule has 0 aliphatic carbocycles. The van der Waals surface area contributed by atoms with Crippen LogP contribution in [0.5, 0.6) is 0 Å². The first-order chi connectivity index (χ1) is 13.5. The van der Waals surface area contributed by atoms with Crippen LogP contribution >= 0.6 is 0 Å². The van der Waals surface area contributed by atoms with Gasteiger partial charge in [0.1, 0.15) is 32.2 Å². The highest BCUT2D eigenvalue weighted by atomic mass is 16.5. The molecule has 0 unspecified atom stereocenters. The first kappa shape index (κ1) is 22.1. The number of hydrogen-bond acceptors (Lipinski definition) is 3. The molecule has 6 heteroatoms. The van der Waals surface area contributed by atoms with Crippen LogP contribution in [-0.4, -0.2) is 64.3 Å². The Bertz CT molecular complexity index is 640. The van der Waals surface area contributed by atoms with E-state index in [0.717, 1.165) is 39.1 Å². The first-order valence-electron chi connectivity index (χ1n) is 10.3. The van der Waals surface area contributed by atoms with Crippen molar-refractivity contribution in [1.29, 1.82) is 0 Å². The third-order valence-electron chi connectivity index (χ3n) is 5.58. The number of quaternary nitrogens is 2. The van der Waals surface area contributed by atoms with Gasteiger partial charge in [0.05, 0.1) is 13.7 Å². The Balaban J connectivity index is 1.73. The monoisotopic (exact) mass is 389 g/mol. The van der Waals surface area contributed by atoms with Crippen LogP contribution in [0.15, 0.2) is 36.4 Å². The van der Waals surface area contributed by atoms with E-state index in [0.29, 0.717) is 6.54 Å². The van der Waals surface area contributed by atoms with Gasteiger partial charge in [-0.2, -0.15) is 0 Å². The Morgan fingerprint density at radius 1 is 1.14 bits per heavy atom. The summed E-state index contributed by atoms with van der Waals surface area (Å²) in [4.78, 5) is 27.2. The molecule has 0 spiro atoms. The second kappa shape index (κ2) is 11.6. The number of carbonyl (C=O) groups is 2. The molecule has 1 amide bonds. The fraction of sp³-hybridized carbons (Fsp3) is 0.545. The van der Waals surface area contributed by atoms with Crippen LogP contribution in [0.25, 0.3) is 6.08 Å². The summed E-state index contributed by atoms with van der Waals surface area (Å²) in [5.41, 5.74) is 1.23. The lowest BCUT2D eigenvalue weighted by Crippen LogP contribution is -3.28. The van der Waals surface area contributed by atoms with E-state index in [-0.39, 0.29) is 17.8 Å². The van der Waals surface area contributed by atoms with Crippen molar-refractivity contribution < 1.29 is 24.1 Å². The Morgan fingerprint density at radius 3 is 2.39 bits per heavy atom. The summed E-state index contributed by atoms with van der Waals surface area (Å²) in [7, 11) is 1.36. The number of amides is 1. The van der Waals surface area contributed by atoms with Crippen LogP contribution in [0.3, 0.4) is 0 Å². The number of rotatable bonds is 9. The zero-order valence-electron chi connectivity index (χ0n) is 17.4. The minimum absolute atomic E-state index is 0.0593. The summed E-state index contributed by atoms with van der Waals surface area (Å²) in [5.74, 6) is -0.376. The Hall–Kier alpha value is -2.18. The lowest BCUT2D eigenvalue weighted by molar-refractivity contribution is -1.01. The highest BCUT2D eigenvalue weighted by Gasteiger charge is 2.29. The molecule has 1 aromatic carbocycles. The van der Waals surface area contributed by atoms with Gasteiger partial charge < -0.3 is 19.9 Å². The third kappa shape index (κ3) is 7.09. The van der Waals surface area contributed by atoms with Crippen LogP contribution in [0, 0.1) is 5.92 Å². The summed E-state index contributed by atoms with van der Waals surface area (Å²) in [6, 6.07) is 9.77. The van der Waals surface area contributed by atoms with E-state index in [1.165, 1.54) is 17.6 Å². The van der Waals surface area contributed by atoms with Crippen LogP contribution in [0.4, 0.5) is 0 Å². The fourth-order valence-corrected chi connectivity index (χ4v) is 3.51. The van der Waals surface area contributed by atoms with E-state index in [1.54, 1.807) is 4.90 Å². The number of carbonyl (C=O) groups excluding carboxylic acids is 2. The zero-order chi connectivity index (χ0) is 20.4. The molecule has 2 rings (SSSR count). The van der Waals surface area contributed by atoms with Gasteiger partial charge in [0.25, 0.3) is 5.91 Å². The van der Waals surface area contributed by atoms with E-state index >= 15 is 0 Å². The van der Waals surface area contributed by atoms with Gasteiger partial charge in [0.2, 0.25) is 0 Å². The van der Waals surface area contributed by atoms with Gasteiger partial charge >= 0.3 is 5.97 Å². The molecular weight excluding hydrogens is 354 g/mol. The largest absolute Gasteiger partial charge is 0.467 e. The summed E-state index contributed by atoms with van der Waals surface area (Å²) < 4.78 is 4.84. The van der Waals surface area contributed by atoms with Crippen molar-refractivity contribution in [2.45, 2.75) is 26.3 Å². The molecule has 1 aliphatic heterocycles. The lowest BCUT2D eigenvalue weighted by Gasteiger charge is -2.29. The quantitative estimate of drug-likeness (QED) is 0.484. The van der Waals surface area contributed by atoms with Gasteiger partial charge in [-0.3, -0.25) is 4.79 Å². The highest BCUT2D eigenvalue weighted by Crippen LogP contribution is 2.08. The summed E-state index contributed by atoms with van der Waals surface area (Å²) >= 11 is 0. The van der Waals surface area contributed by atoms with Gasteiger partial charge in [-0.25, -0.2) is 4.79 Å². The molecule has 6 nitrogen and oxygen atoms in total. The molecule has 2 atom stereocenters. The average molecular weight is 390 g/mol. The van der Waals surface area contributed by atoms with E-state index in [1.807, 2.05) is 32.0 Å². The summed E-state index contributed by atoms with van der Waals surface area (Å²) in [6.07, 6.45) is 5.21. The van der Waals surface area contributed by atoms with Crippen molar-refractivity contribution in [3.63, 3.8) is 0 Å². The molecule has 1 saturated heterocycles. The van der Waals surface area contributed by atoms with Crippen LogP contribution in [0.1, 0.15) is 25.8 Å². The standard InChI is InChI=1S/C22H33N3O3/c1-4-18(2)21(22(27)28-3)23-20(26)17-25-15-13-24(14-16-25)12-8-11-19-9-6-5-7-10-19/h5-11,18,21H,4,12-17H2,1-3H3,(H,23,26)/p+2/b11-8+/t18-,21-/m1/s1. The number of methoxy groups -OCH3 is 1. The molecule has 154 valence electrons. The van der Waals surface area contributed by atoms with Crippen molar-refractivity contribution >= 4 is 18.0 Å². The molecular formula is C22H35N3O3+2. The van der Waals surface area contributed by atoms with Crippen molar-refractivity contribution in [1.82, 2.24) is 5.32 Å². The number of hydrogen-bond donors (Lipinski definition) is 3. The number of benzene rings is 1. The average Bonchev–Trinajstić information content (AvgIpc) is 2.73. The second-order valence-electron chi connectivity index (χ2n) is 7.65. The number of piperazine rings is 1. The second-order valence-corrected chi connectivity index (χ2v) is 7.65. The SMILES string of the molecule is CC[C@@H](C)[C@@H](NC(=O)C[NH+]1CC[NH+](C/C=C/c2ccccc2)CC1)C(=O)OC. The molecule has 28 heavy (non-hydrogen) atoms. The van der Waals surface area contributed by atoms with Gasteiger partial charge in [-0.05, 0) is 17.6 Å². The summed E-state index contributed by atoms with van der Waals surface area (Å²) in [6.45, 7) is 9.42. The number of esters is 1. The van der Waals surface area contributed by atoms with E-state index in [9.17, 15) is 9.59 Å². The number of ether oxygens (including phenoxy) is 1. The Kier molecular flexibility index (Phi) is 9.17. The smallest absolute Gasteiger partial charge is 0.328 e. The lowest BCUT2D eigenvalue weighted by atomic mass is 9.99. The third-order valence-corrected chi connectivity index (χ3v) is 5.58. The maximum Gasteiger partial charge on any atom is 0.328 e. The highest BCUT2D eigenvalue weighted by molar-refractivity contribution is 5.85. The molecule has 0 bridgehead atoms. The minimum Gasteiger partial charge on any atom is -0.467 e. The van der Waals surface area contributed by atoms with Crippen molar-refractivity contribution in [2.75, 3.05) is 46.4 Å². The normalized spacial score (nSPS) is 21.8. The molecule has 1 fully saturated rings. The fourth-order valence-electron chi connectivity index (χ4n) is 3.51. The van der Waals surface area contributed by atoms with Gasteiger partial charge in [0, 0.05) is 0 Å². The minimum atomic E-state index is -0.558. The predicted octanol–water partition coefficient (Wildman–Crippen LogP) is -0.813. The maximum atomic E-state index is 12.4. The molecule has 1 aliphatic rings. The van der Waals surface area contributed by atoms with Gasteiger partial charge in [-0.1, -0.05) is 56.7 Å². The molecule has 0 radical (unpaired) electrons. The van der Waals surface area contributed by atoms with E-state index < -0.39 is 6.04 Å². The number of nitrogens with one attached hydrogen (secondary N) is 3. The molecule has 1 aromatic rings. The zero-order valence-corrected chi connectivity index (χ0v) is 17.4. The Labute approximate surface area is 168 Å². The van der Waals surface area contributed by atoms with Gasteiger partial charge in [-0.15, -0.1) is 0 Å². The van der Waals surface area contributed by atoms with E-state index in [4.69, 9.17) is 4.74 Å². The molecule has 0 aromatic heterocycles. The van der Waals surface area contributed by atoms with Crippen LogP contribution in [-0.2, 0) is 14.3 Å². The van der Waals surface area contributed by atoms with Crippen molar-refractivity contribution in [2.24, 2.45) is 5.92 Å². The molecule has 1 heterocycles. The molecule has 0 saturated carbocycles.